The fourth-order valence-corrected chi connectivity index (χ4v) is 2.01. The number of unbranched alkanes of at least 4 members (excludes halogenated alkanes) is 9. The van der Waals surface area contributed by atoms with Crippen molar-refractivity contribution in [2.24, 2.45) is 0 Å². The van der Waals surface area contributed by atoms with E-state index in [1.807, 2.05) is 6.08 Å². The molecule has 2 nitrogen and oxygen atoms in total. The molecule has 116 valence electrons. The molecule has 0 aromatic heterocycles. The Hall–Kier alpha value is -1.05. The summed E-state index contributed by atoms with van der Waals surface area (Å²) >= 11 is 0. The van der Waals surface area contributed by atoms with Crippen molar-refractivity contribution in [2.75, 3.05) is 0 Å². The van der Waals surface area contributed by atoms with Crippen LogP contribution in [0.15, 0.2) is 24.5 Å². The van der Waals surface area contributed by atoms with Crippen molar-refractivity contribution >= 4 is 5.97 Å². The highest BCUT2D eigenvalue weighted by molar-refractivity contribution is 5.66. The Morgan fingerprint density at radius 3 is 1.90 bits per heavy atom. The van der Waals surface area contributed by atoms with Gasteiger partial charge in [-0.1, -0.05) is 51.2 Å². The zero-order chi connectivity index (χ0) is 14.9. The van der Waals surface area contributed by atoms with Crippen LogP contribution in [0.4, 0.5) is 0 Å². The molecule has 0 N–H and O–H groups in total. The second-order valence-corrected chi connectivity index (χ2v) is 5.29. The highest BCUT2D eigenvalue weighted by Gasteiger charge is 1.89. The Morgan fingerprint density at radius 1 is 0.800 bits per heavy atom. The fraction of sp³-hybridized carbons (Fsp3) is 0.722. The zero-order valence-electron chi connectivity index (χ0n) is 13.4. The van der Waals surface area contributed by atoms with Crippen LogP contribution in [0, 0.1) is 0 Å². The predicted molar refractivity (Wildman–Crippen MR) is 86.5 cm³/mol. The number of carbonyl (C=O) groups excluding carboxylic acids is 1. The number of hydrogen-bond acceptors (Lipinski definition) is 2. The van der Waals surface area contributed by atoms with Gasteiger partial charge in [0.1, 0.15) is 0 Å². The fourth-order valence-electron chi connectivity index (χ4n) is 2.01. The summed E-state index contributed by atoms with van der Waals surface area (Å²) in [5.74, 6) is -0.251. The maximum Gasteiger partial charge on any atom is 0.307 e. The highest BCUT2D eigenvalue weighted by Crippen LogP contribution is 2.08. The SMILES string of the molecule is CCCCCCCC/C=C/CCCC/C=C\OC(C)=O. The van der Waals surface area contributed by atoms with Crippen LogP contribution in [-0.4, -0.2) is 5.97 Å². The number of hydrogen-bond donors (Lipinski definition) is 0. The van der Waals surface area contributed by atoms with Crippen molar-refractivity contribution in [3.8, 4) is 0 Å². The first-order chi connectivity index (χ1) is 9.77. The van der Waals surface area contributed by atoms with Gasteiger partial charge in [-0.3, -0.25) is 4.79 Å². The molecule has 0 aromatic carbocycles. The molecule has 0 aliphatic carbocycles. The molecule has 0 saturated carbocycles. The minimum Gasteiger partial charge on any atom is -0.435 e. The third-order valence-electron chi connectivity index (χ3n) is 3.21. The Bertz CT molecular complexity index is 267. The van der Waals surface area contributed by atoms with Crippen molar-refractivity contribution < 1.29 is 9.53 Å². The molecule has 0 aliphatic heterocycles. The van der Waals surface area contributed by atoms with Gasteiger partial charge < -0.3 is 4.74 Å². The number of ether oxygens (including phenoxy) is 1. The summed E-state index contributed by atoms with van der Waals surface area (Å²) in [4.78, 5) is 10.5. The summed E-state index contributed by atoms with van der Waals surface area (Å²) in [6.07, 6.45) is 22.0. The van der Waals surface area contributed by atoms with Crippen LogP contribution in [0.1, 0.15) is 84.5 Å². The van der Waals surface area contributed by atoms with Gasteiger partial charge in [0.15, 0.2) is 0 Å². The summed E-state index contributed by atoms with van der Waals surface area (Å²) in [6.45, 7) is 3.67. The normalized spacial score (nSPS) is 11.5. The summed E-state index contributed by atoms with van der Waals surface area (Å²) < 4.78 is 4.72. The molecular weight excluding hydrogens is 248 g/mol. The molecule has 0 aromatic rings. The Morgan fingerprint density at radius 2 is 1.30 bits per heavy atom. The topological polar surface area (TPSA) is 26.3 Å². The van der Waals surface area contributed by atoms with Gasteiger partial charge in [-0.2, -0.15) is 0 Å². The van der Waals surface area contributed by atoms with Crippen LogP contribution >= 0.6 is 0 Å². The van der Waals surface area contributed by atoms with Gasteiger partial charge in [0.05, 0.1) is 6.26 Å². The second-order valence-electron chi connectivity index (χ2n) is 5.29. The van der Waals surface area contributed by atoms with Gasteiger partial charge in [-0.15, -0.1) is 0 Å². The van der Waals surface area contributed by atoms with Crippen LogP contribution < -0.4 is 0 Å². The zero-order valence-corrected chi connectivity index (χ0v) is 13.4. The van der Waals surface area contributed by atoms with Crippen molar-refractivity contribution in [3.05, 3.63) is 24.5 Å². The average molecular weight is 280 g/mol. The maximum atomic E-state index is 10.5. The lowest BCUT2D eigenvalue weighted by Crippen LogP contribution is -1.89. The van der Waals surface area contributed by atoms with Gasteiger partial charge in [0, 0.05) is 6.92 Å². The van der Waals surface area contributed by atoms with E-state index >= 15 is 0 Å². The van der Waals surface area contributed by atoms with Crippen LogP contribution in [0.3, 0.4) is 0 Å². The Labute approximate surface area is 125 Å². The highest BCUT2D eigenvalue weighted by atomic mass is 16.5. The van der Waals surface area contributed by atoms with Crippen molar-refractivity contribution in [1.29, 1.82) is 0 Å². The monoisotopic (exact) mass is 280 g/mol. The lowest BCUT2D eigenvalue weighted by atomic mass is 10.1. The van der Waals surface area contributed by atoms with Crippen LogP contribution in [-0.2, 0) is 9.53 Å². The van der Waals surface area contributed by atoms with Crippen molar-refractivity contribution in [1.82, 2.24) is 0 Å². The standard InChI is InChI=1S/C18H32O2/c1-3-4-5-6-7-8-9-10-11-12-13-14-15-16-17-20-18(2)19/h10-11,16-17H,3-9,12-15H2,1-2H3/b11-10+,17-16-. The van der Waals surface area contributed by atoms with Gasteiger partial charge >= 0.3 is 5.97 Å². The minimum absolute atomic E-state index is 0.251. The predicted octanol–water partition coefficient (Wildman–Crippen LogP) is 5.93. The molecule has 0 saturated heterocycles. The van der Waals surface area contributed by atoms with Gasteiger partial charge in [0.25, 0.3) is 0 Å². The molecule has 0 atom stereocenters. The van der Waals surface area contributed by atoms with E-state index in [0.29, 0.717) is 0 Å². The lowest BCUT2D eigenvalue weighted by molar-refractivity contribution is -0.135. The molecule has 0 bridgehead atoms. The van der Waals surface area contributed by atoms with E-state index in [1.165, 1.54) is 64.6 Å². The van der Waals surface area contributed by atoms with Gasteiger partial charge in [-0.25, -0.2) is 0 Å². The molecule has 0 radical (unpaired) electrons. The smallest absolute Gasteiger partial charge is 0.307 e. The van der Waals surface area contributed by atoms with Crippen molar-refractivity contribution in [2.45, 2.75) is 84.5 Å². The largest absolute Gasteiger partial charge is 0.435 e. The number of rotatable bonds is 13. The lowest BCUT2D eigenvalue weighted by Gasteiger charge is -1.98. The van der Waals surface area contributed by atoms with E-state index in [1.54, 1.807) is 0 Å². The third kappa shape index (κ3) is 16.9. The molecule has 0 fully saturated rings. The van der Waals surface area contributed by atoms with Crippen LogP contribution in [0.25, 0.3) is 0 Å². The molecule has 0 heterocycles. The quantitative estimate of drug-likeness (QED) is 0.181. The first-order valence-corrected chi connectivity index (χ1v) is 8.24. The number of allylic oxidation sites excluding steroid dienone is 3. The molecule has 0 spiro atoms. The molecule has 0 rings (SSSR count). The molecule has 0 aliphatic rings. The third-order valence-corrected chi connectivity index (χ3v) is 3.21. The maximum absolute atomic E-state index is 10.5. The molecule has 0 amide bonds. The van der Waals surface area contributed by atoms with E-state index in [4.69, 9.17) is 4.74 Å². The molecule has 2 heteroatoms. The van der Waals surface area contributed by atoms with Crippen molar-refractivity contribution in [3.63, 3.8) is 0 Å². The summed E-state index contributed by atoms with van der Waals surface area (Å²) in [5, 5.41) is 0. The first kappa shape index (κ1) is 18.9. The van der Waals surface area contributed by atoms with E-state index in [2.05, 4.69) is 19.1 Å². The summed E-state index contributed by atoms with van der Waals surface area (Å²) in [5.41, 5.74) is 0. The van der Waals surface area contributed by atoms with E-state index in [-0.39, 0.29) is 5.97 Å². The Kier molecular flexibility index (Phi) is 15.2. The summed E-state index contributed by atoms with van der Waals surface area (Å²) in [6, 6.07) is 0. The number of carbonyl (C=O) groups is 1. The Balaban J connectivity index is 3.16. The molecule has 20 heavy (non-hydrogen) atoms. The first-order valence-electron chi connectivity index (χ1n) is 8.24. The second kappa shape index (κ2) is 16.0. The van der Waals surface area contributed by atoms with Crippen LogP contribution in [0.2, 0.25) is 0 Å². The molecule has 0 unspecified atom stereocenters. The summed E-state index contributed by atoms with van der Waals surface area (Å²) in [7, 11) is 0. The van der Waals surface area contributed by atoms with E-state index in [9.17, 15) is 4.79 Å². The van der Waals surface area contributed by atoms with Crippen LogP contribution in [0.5, 0.6) is 0 Å². The average Bonchev–Trinajstić information content (AvgIpc) is 2.43. The number of esters is 1. The van der Waals surface area contributed by atoms with E-state index < -0.39 is 0 Å². The minimum atomic E-state index is -0.251. The molecular formula is C18H32O2. The van der Waals surface area contributed by atoms with Gasteiger partial charge in [-0.05, 0) is 44.6 Å². The van der Waals surface area contributed by atoms with Gasteiger partial charge in [0.2, 0.25) is 0 Å². The van der Waals surface area contributed by atoms with E-state index in [0.717, 1.165) is 19.3 Å².